The molecule has 0 bridgehead atoms. The van der Waals surface area contributed by atoms with Crippen molar-refractivity contribution in [1.29, 1.82) is 0 Å². The predicted octanol–water partition coefficient (Wildman–Crippen LogP) is 2.73. The van der Waals surface area contributed by atoms with E-state index in [-0.39, 0.29) is 5.69 Å². The maximum Gasteiger partial charge on any atom is 0.353 e. The molecule has 19 heavy (non-hydrogen) atoms. The average Bonchev–Trinajstić information content (AvgIpc) is 2.86. The van der Waals surface area contributed by atoms with E-state index >= 15 is 0 Å². The van der Waals surface area contributed by atoms with E-state index in [9.17, 15) is 4.79 Å². The van der Waals surface area contributed by atoms with Crippen LogP contribution in [0.25, 0.3) is 11.3 Å². The summed E-state index contributed by atoms with van der Waals surface area (Å²) in [5, 5.41) is 15.3. The quantitative estimate of drug-likeness (QED) is 0.808. The molecule has 0 spiro atoms. The highest BCUT2D eigenvalue weighted by Crippen LogP contribution is 2.28. The molecule has 0 radical (unpaired) electrons. The van der Waals surface area contributed by atoms with Crippen LogP contribution in [0.5, 0.6) is 5.75 Å². The van der Waals surface area contributed by atoms with Crippen molar-refractivity contribution < 1.29 is 14.6 Å². The largest absolute Gasteiger partial charge is 0.489 e. The van der Waals surface area contributed by atoms with Gasteiger partial charge in [0.15, 0.2) is 0 Å². The zero-order valence-corrected chi connectivity index (χ0v) is 10.5. The van der Waals surface area contributed by atoms with Crippen LogP contribution >= 0.6 is 0 Å². The van der Waals surface area contributed by atoms with Crippen molar-refractivity contribution in [3.05, 3.63) is 48.2 Å². The molecule has 2 aromatic rings. The van der Waals surface area contributed by atoms with Crippen molar-refractivity contribution in [3.63, 3.8) is 0 Å². The lowest BCUT2D eigenvalue weighted by atomic mass is 10.1. The molecule has 2 rings (SSSR count). The van der Waals surface area contributed by atoms with E-state index in [1.165, 1.54) is 6.07 Å². The van der Waals surface area contributed by atoms with Gasteiger partial charge in [-0.1, -0.05) is 18.7 Å². The molecule has 0 amide bonds. The van der Waals surface area contributed by atoms with Crippen molar-refractivity contribution in [1.82, 2.24) is 10.2 Å². The molecule has 0 aliphatic carbocycles. The normalized spacial score (nSPS) is 10.2. The maximum atomic E-state index is 10.8. The van der Waals surface area contributed by atoms with Crippen LogP contribution in [0.3, 0.4) is 0 Å². The van der Waals surface area contributed by atoms with Gasteiger partial charge < -0.3 is 9.84 Å². The summed E-state index contributed by atoms with van der Waals surface area (Å²) in [6, 6.07) is 8.81. The minimum absolute atomic E-state index is 0.0460. The fraction of sp³-hybridized carbons (Fsp3) is 0.143. The number of nitrogens with zero attached hydrogens (tertiary/aromatic N) is 1. The van der Waals surface area contributed by atoms with Crippen molar-refractivity contribution >= 4 is 5.97 Å². The predicted molar refractivity (Wildman–Crippen MR) is 71.3 cm³/mol. The van der Waals surface area contributed by atoms with Gasteiger partial charge in [-0.3, -0.25) is 5.10 Å². The second-order valence-corrected chi connectivity index (χ2v) is 4.21. The fourth-order valence-corrected chi connectivity index (χ4v) is 1.57. The van der Waals surface area contributed by atoms with Crippen LogP contribution in [0.4, 0.5) is 0 Å². The number of hydrogen-bond acceptors (Lipinski definition) is 3. The van der Waals surface area contributed by atoms with E-state index in [1.807, 2.05) is 31.2 Å². The van der Waals surface area contributed by atoms with E-state index in [4.69, 9.17) is 9.84 Å². The van der Waals surface area contributed by atoms with Gasteiger partial charge in [-0.05, 0) is 30.7 Å². The maximum absolute atomic E-state index is 10.8. The first-order valence-corrected chi connectivity index (χ1v) is 5.73. The van der Waals surface area contributed by atoms with Gasteiger partial charge in [0.2, 0.25) is 0 Å². The Kier molecular flexibility index (Phi) is 3.66. The molecule has 0 fully saturated rings. The van der Waals surface area contributed by atoms with Crippen LogP contribution in [0.1, 0.15) is 17.4 Å². The molecular formula is C14H14N2O3. The standard InChI is InChI=1S/C14H14N2O3/c1-9(2)8-19-13-6-4-3-5-10(13)11-7-12(14(17)18)16-15-11/h3-7H,1,8H2,2H3,(H,15,16)(H,17,18). The van der Waals surface area contributed by atoms with E-state index in [2.05, 4.69) is 16.8 Å². The van der Waals surface area contributed by atoms with Crippen LogP contribution in [0.2, 0.25) is 0 Å². The molecule has 5 heteroatoms. The smallest absolute Gasteiger partial charge is 0.353 e. The first-order chi connectivity index (χ1) is 9.08. The van der Waals surface area contributed by atoms with Crippen LogP contribution in [-0.4, -0.2) is 27.9 Å². The Morgan fingerprint density at radius 3 is 2.84 bits per heavy atom. The molecular weight excluding hydrogens is 244 g/mol. The van der Waals surface area contributed by atoms with Crippen LogP contribution < -0.4 is 4.74 Å². The third-order valence-corrected chi connectivity index (χ3v) is 2.45. The average molecular weight is 258 g/mol. The van der Waals surface area contributed by atoms with Crippen molar-refractivity contribution in [3.8, 4) is 17.0 Å². The first kappa shape index (κ1) is 12.9. The number of carboxylic acid groups (broad SMARTS) is 1. The molecule has 0 saturated heterocycles. The molecule has 0 unspecified atom stereocenters. The molecule has 0 aliphatic rings. The molecule has 0 atom stereocenters. The monoisotopic (exact) mass is 258 g/mol. The lowest BCUT2D eigenvalue weighted by Crippen LogP contribution is -1.99. The number of aromatic nitrogens is 2. The van der Waals surface area contributed by atoms with E-state index in [0.29, 0.717) is 18.1 Å². The van der Waals surface area contributed by atoms with Gasteiger partial charge in [0.05, 0.1) is 5.69 Å². The summed E-state index contributed by atoms with van der Waals surface area (Å²) in [5.41, 5.74) is 2.23. The van der Waals surface area contributed by atoms with Crippen LogP contribution in [0.15, 0.2) is 42.5 Å². The number of para-hydroxylation sites is 1. The number of H-pyrrole nitrogens is 1. The van der Waals surface area contributed by atoms with Gasteiger partial charge in [-0.25, -0.2) is 4.79 Å². The Hall–Kier alpha value is -2.56. The molecule has 1 aromatic carbocycles. The third kappa shape index (κ3) is 3.01. The Morgan fingerprint density at radius 1 is 1.47 bits per heavy atom. The summed E-state index contributed by atoms with van der Waals surface area (Å²) in [5.74, 6) is -0.395. The lowest BCUT2D eigenvalue weighted by molar-refractivity contribution is 0.0690. The third-order valence-electron chi connectivity index (χ3n) is 2.45. The molecule has 0 aliphatic heterocycles. The summed E-state index contributed by atoms with van der Waals surface area (Å²) in [7, 11) is 0. The highest BCUT2D eigenvalue weighted by molar-refractivity contribution is 5.87. The molecule has 2 N–H and O–H groups in total. The van der Waals surface area contributed by atoms with Gasteiger partial charge in [0, 0.05) is 5.56 Å². The molecule has 5 nitrogen and oxygen atoms in total. The second kappa shape index (κ2) is 5.39. The minimum Gasteiger partial charge on any atom is -0.489 e. The van der Waals surface area contributed by atoms with Gasteiger partial charge in [-0.15, -0.1) is 0 Å². The summed E-state index contributed by atoms with van der Waals surface area (Å²) in [6.45, 7) is 6.06. The molecule has 0 saturated carbocycles. The number of ether oxygens (including phenoxy) is 1. The molecule has 98 valence electrons. The summed E-state index contributed by atoms with van der Waals surface area (Å²) >= 11 is 0. The molecule has 1 aromatic heterocycles. The number of aromatic carboxylic acids is 1. The topological polar surface area (TPSA) is 75.2 Å². The Balaban J connectivity index is 2.32. The van der Waals surface area contributed by atoms with Crippen molar-refractivity contribution in [2.75, 3.05) is 6.61 Å². The number of carboxylic acids is 1. The van der Waals surface area contributed by atoms with Crippen LogP contribution in [0, 0.1) is 0 Å². The van der Waals surface area contributed by atoms with Gasteiger partial charge >= 0.3 is 5.97 Å². The van der Waals surface area contributed by atoms with Crippen LogP contribution in [-0.2, 0) is 0 Å². The van der Waals surface area contributed by atoms with Gasteiger partial charge in [-0.2, -0.15) is 5.10 Å². The van der Waals surface area contributed by atoms with E-state index in [1.54, 1.807) is 0 Å². The van der Waals surface area contributed by atoms with Gasteiger partial charge in [0.1, 0.15) is 18.1 Å². The number of benzene rings is 1. The lowest BCUT2D eigenvalue weighted by Gasteiger charge is -2.09. The SMILES string of the molecule is C=C(C)COc1ccccc1-c1cc(C(=O)O)[nH]n1. The van der Waals surface area contributed by atoms with Crippen molar-refractivity contribution in [2.45, 2.75) is 6.92 Å². The highest BCUT2D eigenvalue weighted by atomic mass is 16.5. The summed E-state index contributed by atoms with van der Waals surface area (Å²) in [6.07, 6.45) is 0. The molecule has 1 heterocycles. The zero-order valence-electron chi connectivity index (χ0n) is 10.5. The first-order valence-electron chi connectivity index (χ1n) is 5.73. The van der Waals surface area contributed by atoms with Gasteiger partial charge in [0.25, 0.3) is 0 Å². The Morgan fingerprint density at radius 2 is 2.21 bits per heavy atom. The number of aromatic amines is 1. The summed E-state index contributed by atoms with van der Waals surface area (Å²) in [4.78, 5) is 10.8. The number of rotatable bonds is 5. The summed E-state index contributed by atoms with van der Waals surface area (Å²) < 4.78 is 5.62. The highest BCUT2D eigenvalue weighted by Gasteiger charge is 2.12. The van der Waals surface area contributed by atoms with E-state index < -0.39 is 5.97 Å². The Bertz CT molecular complexity index is 617. The number of carbonyl (C=O) groups is 1. The fourth-order valence-electron chi connectivity index (χ4n) is 1.57. The Labute approximate surface area is 110 Å². The minimum atomic E-state index is -1.04. The number of hydrogen-bond donors (Lipinski definition) is 2. The number of nitrogens with one attached hydrogen (secondary N) is 1. The van der Waals surface area contributed by atoms with E-state index in [0.717, 1.165) is 11.1 Å². The zero-order chi connectivity index (χ0) is 13.8. The van der Waals surface area contributed by atoms with Crippen molar-refractivity contribution in [2.24, 2.45) is 0 Å². The second-order valence-electron chi connectivity index (χ2n) is 4.21.